The Labute approximate surface area is 81.9 Å². The molecule has 1 aromatic heterocycles. The Morgan fingerprint density at radius 2 is 2.21 bits per heavy atom. The summed E-state index contributed by atoms with van der Waals surface area (Å²) in [6, 6.07) is 0. The predicted octanol–water partition coefficient (Wildman–Crippen LogP) is 1.57. The van der Waals surface area contributed by atoms with Crippen LogP contribution in [0.3, 0.4) is 0 Å². The predicted molar refractivity (Wildman–Crippen MR) is 49.1 cm³/mol. The number of nitrogens with zero attached hydrogens (tertiary/aromatic N) is 1. The van der Waals surface area contributed by atoms with Crippen molar-refractivity contribution >= 4 is 5.97 Å². The minimum Gasteiger partial charge on any atom is -0.481 e. The Hall–Kier alpha value is -1.32. The van der Waals surface area contributed by atoms with Crippen LogP contribution in [0.25, 0.3) is 0 Å². The molecule has 0 unspecified atom stereocenters. The fourth-order valence-corrected chi connectivity index (χ4v) is 1.87. The lowest BCUT2D eigenvalue weighted by Gasteiger charge is -2.08. The van der Waals surface area contributed by atoms with Crippen LogP contribution >= 0.6 is 0 Å². The maximum absolute atomic E-state index is 10.4. The van der Waals surface area contributed by atoms with E-state index in [0.717, 1.165) is 42.7 Å². The van der Waals surface area contributed by atoms with Crippen LogP contribution in [0.1, 0.15) is 36.3 Å². The average Bonchev–Trinajstić information content (AvgIpc) is 2.58. The number of aliphatic carboxylic acids is 1. The molecule has 1 aliphatic carbocycles. The molecule has 1 N–H and O–H groups in total. The number of aryl methyl sites for hydroxylation is 2. The molecule has 4 heteroatoms. The normalized spacial score (nSPS) is 15.1. The molecule has 0 aliphatic heterocycles. The van der Waals surface area contributed by atoms with Crippen molar-refractivity contribution in [2.45, 2.75) is 38.5 Å². The van der Waals surface area contributed by atoms with Crippen LogP contribution in [0, 0.1) is 0 Å². The molecule has 0 spiro atoms. The number of carbonyl (C=O) groups is 1. The molecule has 0 saturated carbocycles. The molecule has 1 aliphatic rings. The molecular formula is C10H13NO3. The monoisotopic (exact) mass is 195 g/mol. The van der Waals surface area contributed by atoms with Crippen molar-refractivity contribution in [2.75, 3.05) is 0 Å². The zero-order valence-electron chi connectivity index (χ0n) is 7.95. The first-order valence-corrected chi connectivity index (χ1v) is 4.95. The standard InChI is InChI=1S/C10H13NO3/c12-10(13)6-5-9-7-3-1-2-4-8(7)11-14-9/h1-6H2,(H,12,13). The summed E-state index contributed by atoms with van der Waals surface area (Å²) in [5, 5.41) is 12.5. The van der Waals surface area contributed by atoms with Gasteiger partial charge >= 0.3 is 5.97 Å². The van der Waals surface area contributed by atoms with E-state index in [1.807, 2.05) is 0 Å². The van der Waals surface area contributed by atoms with Crippen LogP contribution in [-0.4, -0.2) is 16.2 Å². The van der Waals surface area contributed by atoms with Crippen LogP contribution < -0.4 is 0 Å². The van der Waals surface area contributed by atoms with Crippen molar-refractivity contribution in [3.05, 3.63) is 17.0 Å². The van der Waals surface area contributed by atoms with E-state index in [-0.39, 0.29) is 6.42 Å². The van der Waals surface area contributed by atoms with Crippen molar-refractivity contribution in [3.63, 3.8) is 0 Å². The van der Waals surface area contributed by atoms with Gasteiger partial charge in [-0.05, 0) is 25.7 Å². The molecule has 0 amide bonds. The van der Waals surface area contributed by atoms with Gasteiger partial charge in [0, 0.05) is 12.0 Å². The number of hydrogen-bond donors (Lipinski definition) is 1. The summed E-state index contributed by atoms with van der Waals surface area (Å²) < 4.78 is 5.15. The SMILES string of the molecule is O=C(O)CCc1onc2c1CCCC2. The van der Waals surface area contributed by atoms with E-state index in [2.05, 4.69) is 5.16 Å². The Morgan fingerprint density at radius 1 is 1.43 bits per heavy atom. The molecule has 0 bridgehead atoms. The smallest absolute Gasteiger partial charge is 0.303 e. The third kappa shape index (κ3) is 1.78. The topological polar surface area (TPSA) is 63.3 Å². The van der Waals surface area contributed by atoms with Crippen LogP contribution in [0.5, 0.6) is 0 Å². The van der Waals surface area contributed by atoms with Gasteiger partial charge in [0.1, 0.15) is 5.76 Å². The minimum absolute atomic E-state index is 0.127. The van der Waals surface area contributed by atoms with E-state index < -0.39 is 5.97 Å². The molecule has 0 atom stereocenters. The summed E-state index contributed by atoms with van der Waals surface area (Å²) in [6.07, 6.45) is 4.89. The van der Waals surface area contributed by atoms with Gasteiger partial charge in [0.25, 0.3) is 0 Å². The third-order valence-electron chi connectivity index (χ3n) is 2.61. The van der Waals surface area contributed by atoms with Crippen LogP contribution in [0.4, 0.5) is 0 Å². The van der Waals surface area contributed by atoms with Crippen molar-refractivity contribution in [3.8, 4) is 0 Å². The number of rotatable bonds is 3. The highest BCUT2D eigenvalue weighted by Gasteiger charge is 2.19. The lowest BCUT2D eigenvalue weighted by atomic mass is 9.95. The Kier molecular flexibility index (Phi) is 2.52. The van der Waals surface area contributed by atoms with E-state index in [1.54, 1.807) is 0 Å². The molecule has 2 rings (SSSR count). The lowest BCUT2D eigenvalue weighted by molar-refractivity contribution is -0.137. The van der Waals surface area contributed by atoms with Gasteiger partial charge in [0.2, 0.25) is 0 Å². The maximum Gasteiger partial charge on any atom is 0.303 e. The Morgan fingerprint density at radius 3 is 3.00 bits per heavy atom. The van der Waals surface area contributed by atoms with E-state index in [1.165, 1.54) is 0 Å². The second kappa shape index (κ2) is 3.82. The number of carboxylic acid groups (broad SMARTS) is 1. The molecule has 0 saturated heterocycles. The lowest BCUT2D eigenvalue weighted by Crippen LogP contribution is -2.04. The van der Waals surface area contributed by atoms with E-state index in [4.69, 9.17) is 9.63 Å². The molecule has 0 aromatic carbocycles. The van der Waals surface area contributed by atoms with Gasteiger partial charge in [-0.3, -0.25) is 4.79 Å². The van der Waals surface area contributed by atoms with Gasteiger partial charge in [-0.2, -0.15) is 0 Å². The van der Waals surface area contributed by atoms with E-state index in [9.17, 15) is 4.79 Å². The van der Waals surface area contributed by atoms with Gasteiger partial charge < -0.3 is 9.63 Å². The van der Waals surface area contributed by atoms with Gasteiger partial charge in [-0.25, -0.2) is 0 Å². The van der Waals surface area contributed by atoms with Crippen LogP contribution in [0.15, 0.2) is 4.52 Å². The molecule has 14 heavy (non-hydrogen) atoms. The molecule has 1 heterocycles. The third-order valence-corrected chi connectivity index (χ3v) is 2.61. The average molecular weight is 195 g/mol. The summed E-state index contributed by atoms with van der Waals surface area (Å²) >= 11 is 0. The van der Waals surface area contributed by atoms with Crippen molar-refractivity contribution in [1.82, 2.24) is 5.16 Å². The largest absolute Gasteiger partial charge is 0.481 e. The Bertz CT molecular complexity index is 343. The summed E-state index contributed by atoms with van der Waals surface area (Å²) in [5.74, 6) is -0.00643. The first-order chi connectivity index (χ1) is 6.77. The molecule has 0 fully saturated rings. The summed E-state index contributed by atoms with van der Waals surface area (Å²) in [7, 11) is 0. The van der Waals surface area contributed by atoms with E-state index in [0.29, 0.717) is 6.42 Å². The zero-order valence-corrected chi connectivity index (χ0v) is 7.95. The second-order valence-corrected chi connectivity index (χ2v) is 3.63. The molecule has 4 nitrogen and oxygen atoms in total. The van der Waals surface area contributed by atoms with Crippen LogP contribution in [-0.2, 0) is 24.1 Å². The number of aromatic nitrogens is 1. The number of carboxylic acids is 1. The van der Waals surface area contributed by atoms with Crippen LogP contribution in [0.2, 0.25) is 0 Å². The van der Waals surface area contributed by atoms with Crippen molar-refractivity contribution in [2.24, 2.45) is 0 Å². The number of hydrogen-bond acceptors (Lipinski definition) is 3. The summed E-state index contributed by atoms with van der Waals surface area (Å²) in [4.78, 5) is 10.4. The highest BCUT2D eigenvalue weighted by Crippen LogP contribution is 2.24. The molecule has 1 aromatic rings. The van der Waals surface area contributed by atoms with Crippen molar-refractivity contribution in [1.29, 1.82) is 0 Å². The second-order valence-electron chi connectivity index (χ2n) is 3.63. The Balaban J connectivity index is 2.10. The molecule has 0 radical (unpaired) electrons. The first kappa shape index (κ1) is 9.24. The first-order valence-electron chi connectivity index (χ1n) is 4.95. The number of fused-ring (bicyclic) bond motifs is 1. The highest BCUT2D eigenvalue weighted by molar-refractivity contribution is 5.67. The van der Waals surface area contributed by atoms with E-state index >= 15 is 0 Å². The molecule has 76 valence electrons. The molecular weight excluding hydrogens is 182 g/mol. The minimum atomic E-state index is -0.786. The highest BCUT2D eigenvalue weighted by atomic mass is 16.5. The summed E-state index contributed by atoms with van der Waals surface area (Å²) in [6.45, 7) is 0. The fourth-order valence-electron chi connectivity index (χ4n) is 1.87. The summed E-state index contributed by atoms with van der Waals surface area (Å²) in [5.41, 5.74) is 2.20. The van der Waals surface area contributed by atoms with Gasteiger partial charge in [0.15, 0.2) is 0 Å². The van der Waals surface area contributed by atoms with Crippen molar-refractivity contribution < 1.29 is 14.4 Å². The quantitative estimate of drug-likeness (QED) is 0.795. The van der Waals surface area contributed by atoms with Gasteiger partial charge in [-0.15, -0.1) is 0 Å². The zero-order chi connectivity index (χ0) is 9.97. The fraction of sp³-hybridized carbons (Fsp3) is 0.600. The van der Waals surface area contributed by atoms with Gasteiger partial charge in [-0.1, -0.05) is 5.16 Å². The maximum atomic E-state index is 10.4. The van der Waals surface area contributed by atoms with Gasteiger partial charge in [0.05, 0.1) is 12.1 Å².